The Labute approximate surface area is 259 Å². The lowest BCUT2D eigenvalue weighted by molar-refractivity contribution is 0.414. The molecule has 3 aromatic rings. The summed E-state index contributed by atoms with van der Waals surface area (Å²) in [5.74, 6) is -39.6. The smallest absolute Gasteiger partial charge is 0.180 e. The quantitative estimate of drug-likeness (QED) is 0.160. The van der Waals surface area contributed by atoms with Crippen molar-refractivity contribution in [2.75, 3.05) is 0 Å². The predicted molar refractivity (Wildman–Crippen MR) is 129 cm³/mol. The van der Waals surface area contributed by atoms with Gasteiger partial charge in [-0.3, -0.25) is 0 Å². The van der Waals surface area contributed by atoms with E-state index in [0.717, 1.165) is 36.4 Å². The average Bonchev–Trinajstić information content (AvgIpc) is 3.78. The largest absolute Gasteiger partial charge is 0.203 e. The summed E-state index contributed by atoms with van der Waals surface area (Å²) < 4.78 is 178. The Kier molecular flexibility index (Phi) is 8.85. The van der Waals surface area contributed by atoms with Crippen LogP contribution in [0.25, 0.3) is 5.57 Å². The molecule has 0 amide bonds. The molecule has 0 aromatic heterocycles. The van der Waals surface area contributed by atoms with E-state index in [2.05, 4.69) is 0 Å². The number of rotatable bonds is 5. The zero-order chi connectivity index (χ0) is 36.1. The maximum absolute atomic E-state index is 15.1. The van der Waals surface area contributed by atoms with Crippen LogP contribution in [0, 0.1) is 150 Å². The highest BCUT2D eigenvalue weighted by Crippen LogP contribution is 2.63. The summed E-state index contributed by atoms with van der Waals surface area (Å²) in [5.41, 5.74) is -14.2. The zero-order valence-electron chi connectivity index (χ0n) is 22.5. The van der Waals surface area contributed by atoms with Gasteiger partial charge in [0.2, 0.25) is 0 Å². The van der Waals surface area contributed by atoms with Gasteiger partial charge in [0.1, 0.15) is 34.9 Å². The molecule has 0 aliphatic heterocycles. The Bertz CT molecular complexity index is 2080. The Balaban J connectivity index is 2.17. The summed E-state index contributed by atoms with van der Waals surface area (Å²) in [4.78, 5) is 0. The Morgan fingerprint density at radius 2 is 0.688 bits per heavy atom. The lowest BCUT2D eigenvalue weighted by Gasteiger charge is -2.16. The molecule has 0 heterocycles. The van der Waals surface area contributed by atoms with Gasteiger partial charge < -0.3 is 0 Å². The van der Waals surface area contributed by atoms with Crippen molar-refractivity contribution < 1.29 is 52.7 Å². The third kappa shape index (κ3) is 4.71. The molecule has 1 aliphatic carbocycles. The summed E-state index contributed by atoms with van der Waals surface area (Å²) in [7, 11) is 0. The number of hydrogen-bond acceptors (Lipinski definition) is 6. The second kappa shape index (κ2) is 12.4. The Morgan fingerprint density at radius 3 is 0.917 bits per heavy atom. The first-order valence-electron chi connectivity index (χ1n) is 12.3. The van der Waals surface area contributed by atoms with Crippen LogP contribution in [0.15, 0.2) is 5.57 Å². The lowest BCUT2D eigenvalue weighted by atomic mass is 9.86. The Morgan fingerprint density at radius 1 is 0.417 bits per heavy atom. The molecule has 1 saturated carbocycles. The molecule has 0 spiro atoms. The molecule has 4 rings (SSSR count). The van der Waals surface area contributed by atoms with Gasteiger partial charge in [-0.25, -0.2) is 52.7 Å². The van der Waals surface area contributed by atoms with Gasteiger partial charge in [-0.15, -0.1) is 0 Å². The van der Waals surface area contributed by atoms with E-state index in [1.807, 2.05) is 0 Å². The van der Waals surface area contributed by atoms with Gasteiger partial charge in [-0.05, 0) is 5.57 Å². The molecule has 0 radical (unpaired) electrons. The molecule has 0 saturated heterocycles. The average molecular weight is 676 g/mol. The van der Waals surface area contributed by atoms with Crippen LogP contribution in [0.2, 0.25) is 0 Å². The van der Waals surface area contributed by atoms with Gasteiger partial charge in [0.25, 0.3) is 0 Å². The highest BCUT2D eigenvalue weighted by atomic mass is 19.2. The highest BCUT2D eigenvalue weighted by molar-refractivity contribution is 5.85. The van der Waals surface area contributed by atoms with Crippen LogP contribution in [0.3, 0.4) is 0 Å². The number of hydrogen-bond donors (Lipinski definition) is 0. The first-order chi connectivity index (χ1) is 22.6. The van der Waals surface area contributed by atoms with Gasteiger partial charge in [0, 0.05) is 23.0 Å². The monoisotopic (exact) mass is 676 g/mol. The van der Waals surface area contributed by atoms with E-state index in [0.29, 0.717) is 0 Å². The number of halogens is 12. The van der Waals surface area contributed by atoms with Crippen LogP contribution in [0.1, 0.15) is 45.2 Å². The molecular formula is C30H4F12N6. The van der Waals surface area contributed by atoms with Crippen molar-refractivity contribution in [1.29, 1.82) is 31.6 Å². The van der Waals surface area contributed by atoms with Gasteiger partial charge >= 0.3 is 0 Å². The van der Waals surface area contributed by atoms with Crippen LogP contribution in [0.4, 0.5) is 52.7 Å². The van der Waals surface area contributed by atoms with Crippen molar-refractivity contribution >= 4 is 5.57 Å². The van der Waals surface area contributed by atoms with Crippen LogP contribution >= 0.6 is 0 Å². The molecule has 4 atom stereocenters. The molecule has 1 aliphatic rings. The molecular weight excluding hydrogens is 672 g/mol. The number of nitrogens with zero attached hydrogens (tertiary/aromatic N) is 6. The van der Waals surface area contributed by atoms with Gasteiger partial charge in [0.15, 0.2) is 69.8 Å². The van der Waals surface area contributed by atoms with Crippen molar-refractivity contribution in [2.45, 2.75) is 11.8 Å². The van der Waals surface area contributed by atoms with Crippen molar-refractivity contribution in [3.8, 4) is 36.4 Å². The number of allylic oxidation sites excluding steroid dienone is 2. The van der Waals surface area contributed by atoms with Gasteiger partial charge in [0.05, 0.1) is 41.2 Å². The second-order valence-corrected chi connectivity index (χ2v) is 9.64. The Hall–Kier alpha value is -6.50. The molecule has 0 bridgehead atoms. The van der Waals surface area contributed by atoms with Crippen LogP contribution in [-0.2, 0) is 0 Å². The van der Waals surface area contributed by atoms with E-state index in [4.69, 9.17) is 15.8 Å². The van der Waals surface area contributed by atoms with Crippen LogP contribution in [-0.4, -0.2) is 0 Å². The molecule has 18 heteroatoms. The fourth-order valence-corrected chi connectivity index (χ4v) is 5.31. The van der Waals surface area contributed by atoms with Crippen molar-refractivity contribution in [1.82, 2.24) is 0 Å². The summed E-state index contributed by atoms with van der Waals surface area (Å²) in [6.07, 6.45) is 0. The topological polar surface area (TPSA) is 143 Å². The minimum atomic E-state index is -2.78. The first kappa shape index (κ1) is 34.4. The van der Waals surface area contributed by atoms with Crippen molar-refractivity contribution in [3.63, 3.8) is 0 Å². The van der Waals surface area contributed by atoms with Gasteiger partial charge in [-0.1, -0.05) is 0 Å². The number of nitriles is 6. The lowest BCUT2D eigenvalue weighted by Crippen LogP contribution is -2.15. The second-order valence-electron chi connectivity index (χ2n) is 9.64. The van der Waals surface area contributed by atoms with E-state index >= 15 is 26.3 Å². The molecule has 1 fully saturated rings. The van der Waals surface area contributed by atoms with E-state index in [1.54, 1.807) is 0 Å². The SMILES string of the molecule is N#CC(=C1C(C(C#N)c2c(F)c(F)c(C#N)c(F)c2F)C1C(C#N)c1c(F)c(F)c(C#N)c(F)c1F)c1c(F)c(F)c(C#N)c(F)c1F. The third-order valence-electron chi connectivity index (χ3n) is 7.46. The molecule has 4 unspecified atom stereocenters. The maximum atomic E-state index is 15.1. The fourth-order valence-electron chi connectivity index (χ4n) is 5.31. The summed E-state index contributed by atoms with van der Waals surface area (Å²) >= 11 is 0. The van der Waals surface area contributed by atoms with Crippen LogP contribution in [0.5, 0.6) is 0 Å². The zero-order valence-corrected chi connectivity index (χ0v) is 22.5. The van der Waals surface area contributed by atoms with E-state index in [9.17, 15) is 42.1 Å². The molecule has 48 heavy (non-hydrogen) atoms. The van der Waals surface area contributed by atoms with Crippen molar-refractivity contribution in [2.24, 2.45) is 11.8 Å². The predicted octanol–water partition coefficient (Wildman–Crippen LogP) is 7.11. The van der Waals surface area contributed by atoms with E-state index < -0.39 is 138 Å². The van der Waals surface area contributed by atoms with Gasteiger partial charge in [-0.2, -0.15) is 31.6 Å². The highest BCUT2D eigenvalue weighted by Gasteiger charge is 2.59. The minimum absolute atomic E-state index is 0.785. The summed E-state index contributed by atoms with van der Waals surface area (Å²) in [6, 6.07) is 5.61. The fraction of sp³-hybridized carbons (Fsp3) is 0.133. The van der Waals surface area contributed by atoms with E-state index in [-0.39, 0.29) is 0 Å². The van der Waals surface area contributed by atoms with E-state index in [1.165, 1.54) is 0 Å². The molecule has 3 aromatic carbocycles. The first-order valence-corrected chi connectivity index (χ1v) is 12.3. The molecule has 238 valence electrons. The van der Waals surface area contributed by atoms with Crippen molar-refractivity contribution in [3.05, 3.63) is 109 Å². The van der Waals surface area contributed by atoms with Crippen LogP contribution < -0.4 is 0 Å². The standard InChI is InChI=1S/C30H4F12N6/c31-19-10(4-46)20(32)26(38)16(25(19)37)7(1-43)13-14(8(2-44)17-27(39)21(33)11(5-47)22(34)28(17)40)15(13)9(3-45)18-29(41)23(35)12(6-48)24(36)30(18)42/h7-8,13-14H. The third-order valence-corrected chi connectivity index (χ3v) is 7.46. The maximum Gasteiger partial charge on any atom is 0.180 e. The minimum Gasteiger partial charge on any atom is -0.203 e. The molecule has 0 N–H and O–H groups in total. The normalized spacial score (nSPS) is 16.0. The number of benzene rings is 3. The molecule has 6 nitrogen and oxygen atoms in total. The summed E-state index contributed by atoms with van der Waals surface area (Å²) in [6.45, 7) is 0. The summed E-state index contributed by atoms with van der Waals surface area (Å²) in [5, 5.41) is 56.2.